The van der Waals surface area contributed by atoms with Gasteiger partial charge in [0.2, 0.25) is 0 Å². The van der Waals surface area contributed by atoms with Crippen LogP contribution in [0.2, 0.25) is 0 Å². The molecule has 1 atom stereocenters. The zero-order chi connectivity index (χ0) is 11.7. The van der Waals surface area contributed by atoms with Gasteiger partial charge < -0.3 is 9.88 Å². The van der Waals surface area contributed by atoms with E-state index in [1.165, 1.54) is 30.5 Å². The molecule has 2 aromatic rings. The normalized spacial score (nSPS) is 20.9. The van der Waals surface area contributed by atoms with Gasteiger partial charge in [-0.1, -0.05) is 12.1 Å². The van der Waals surface area contributed by atoms with E-state index < -0.39 is 0 Å². The van der Waals surface area contributed by atoms with Crippen molar-refractivity contribution in [3.05, 3.63) is 30.1 Å². The fourth-order valence-electron chi connectivity index (χ4n) is 2.81. The number of fused-ring (bicyclic) bond motifs is 1. The standard InChI is InChI=1S/C14H19N3/c1-11-4-2-6-13-14(11)17(10-16-13)9-12-5-3-7-15-8-12/h2,4,6,10,12,15H,3,5,7-9H2,1H3. The fourth-order valence-corrected chi connectivity index (χ4v) is 2.81. The highest BCUT2D eigenvalue weighted by molar-refractivity contribution is 5.78. The maximum Gasteiger partial charge on any atom is 0.0958 e. The first-order valence-electron chi connectivity index (χ1n) is 6.46. The molecule has 1 aromatic heterocycles. The van der Waals surface area contributed by atoms with Gasteiger partial charge in [0.1, 0.15) is 0 Å². The Kier molecular flexibility index (Phi) is 2.85. The summed E-state index contributed by atoms with van der Waals surface area (Å²) in [6.45, 7) is 5.58. The SMILES string of the molecule is Cc1cccc2ncn(CC3CCCNC3)c12. The summed E-state index contributed by atoms with van der Waals surface area (Å²) in [5.74, 6) is 0.751. The van der Waals surface area contributed by atoms with Crippen LogP contribution in [0, 0.1) is 12.8 Å². The predicted octanol–water partition coefficient (Wildman–Crippen LogP) is 2.34. The molecular weight excluding hydrogens is 210 g/mol. The van der Waals surface area contributed by atoms with E-state index in [4.69, 9.17) is 0 Å². The minimum absolute atomic E-state index is 0.751. The minimum Gasteiger partial charge on any atom is -0.330 e. The van der Waals surface area contributed by atoms with E-state index in [1.807, 2.05) is 6.33 Å². The van der Waals surface area contributed by atoms with Crippen LogP contribution in [0.1, 0.15) is 18.4 Å². The number of rotatable bonds is 2. The van der Waals surface area contributed by atoms with Crippen molar-refractivity contribution in [3.8, 4) is 0 Å². The fraction of sp³-hybridized carbons (Fsp3) is 0.500. The smallest absolute Gasteiger partial charge is 0.0958 e. The molecule has 3 heteroatoms. The first kappa shape index (κ1) is 10.8. The van der Waals surface area contributed by atoms with Gasteiger partial charge in [0, 0.05) is 6.54 Å². The number of nitrogens with one attached hydrogen (secondary N) is 1. The van der Waals surface area contributed by atoms with Crippen molar-refractivity contribution in [3.63, 3.8) is 0 Å². The van der Waals surface area contributed by atoms with Gasteiger partial charge in [-0.25, -0.2) is 4.98 Å². The summed E-state index contributed by atoms with van der Waals surface area (Å²) in [5, 5.41) is 3.48. The maximum absolute atomic E-state index is 4.49. The van der Waals surface area contributed by atoms with Crippen LogP contribution >= 0.6 is 0 Å². The molecule has 1 aliphatic heterocycles. The molecule has 0 amide bonds. The Morgan fingerprint density at radius 2 is 2.41 bits per heavy atom. The van der Waals surface area contributed by atoms with E-state index in [9.17, 15) is 0 Å². The minimum atomic E-state index is 0.751. The molecule has 1 fully saturated rings. The van der Waals surface area contributed by atoms with Crippen LogP contribution in [0.4, 0.5) is 0 Å². The summed E-state index contributed by atoms with van der Waals surface area (Å²) in [5.41, 5.74) is 3.75. The molecule has 0 aliphatic carbocycles. The third-order valence-corrected chi connectivity index (χ3v) is 3.69. The van der Waals surface area contributed by atoms with Crippen molar-refractivity contribution in [2.75, 3.05) is 13.1 Å². The van der Waals surface area contributed by atoms with Gasteiger partial charge in [-0.3, -0.25) is 0 Å². The van der Waals surface area contributed by atoms with E-state index in [0.29, 0.717) is 0 Å². The maximum atomic E-state index is 4.49. The molecule has 2 heterocycles. The third kappa shape index (κ3) is 2.07. The lowest BCUT2D eigenvalue weighted by atomic mass is 9.99. The molecular formula is C14H19N3. The second-order valence-corrected chi connectivity index (χ2v) is 5.05. The number of aryl methyl sites for hydroxylation is 1. The molecule has 1 aliphatic rings. The van der Waals surface area contributed by atoms with E-state index in [2.05, 4.69) is 40.0 Å². The van der Waals surface area contributed by atoms with Crippen molar-refractivity contribution in [2.45, 2.75) is 26.3 Å². The summed E-state index contributed by atoms with van der Waals surface area (Å²) in [6.07, 6.45) is 4.63. The molecule has 0 bridgehead atoms. The Hall–Kier alpha value is -1.35. The molecule has 3 nitrogen and oxygen atoms in total. The second kappa shape index (κ2) is 4.49. The Balaban J connectivity index is 1.89. The number of aromatic nitrogens is 2. The monoisotopic (exact) mass is 229 g/mol. The van der Waals surface area contributed by atoms with Crippen LogP contribution < -0.4 is 5.32 Å². The molecule has 0 spiro atoms. The van der Waals surface area contributed by atoms with Crippen LogP contribution in [0.25, 0.3) is 11.0 Å². The van der Waals surface area contributed by atoms with Gasteiger partial charge in [-0.05, 0) is 50.4 Å². The third-order valence-electron chi connectivity index (χ3n) is 3.69. The zero-order valence-electron chi connectivity index (χ0n) is 10.3. The summed E-state index contributed by atoms with van der Waals surface area (Å²) in [7, 11) is 0. The second-order valence-electron chi connectivity index (χ2n) is 5.05. The molecule has 0 radical (unpaired) electrons. The number of piperidine rings is 1. The quantitative estimate of drug-likeness (QED) is 0.856. The molecule has 90 valence electrons. The average Bonchev–Trinajstić information content (AvgIpc) is 2.75. The number of nitrogens with zero attached hydrogens (tertiary/aromatic N) is 2. The summed E-state index contributed by atoms with van der Waals surface area (Å²) >= 11 is 0. The molecule has 1 saturated heterocycles. The number of para-hydroxylation sites is 1. The lowest BCUT2D eigenvalue weighted by Crippen LogP contribution is -2.32. The number of hydrogen-bond acceptors (Lipinski definition) is 2. The van der Waals surface area contributed by atoms with E-state index in [1.54, 1.807) is 0 Å². The lowest BCUT2D eigenvalue weighted by molar-refractivity contribution is 0.340. The predicted molar refractivity (Wildman–Crippen MR) is 70.1 cm³/mol. The van der Waals surface area contributed by atoms with Crippen molar-refractivity contribution >= 4 is 11.0 Å². The number of imidazole rings is 1. The van der Waals surface area contributed by atoms with Crippen molar-refractivity contribution in [2.24, 2.45) is 5.92 Å². The lowest BCUT2D eigenvalue weighted by Gasteiger charge is -2.23. The van der Waals surface area contributed by atoms with Gasteiger partial charge in [0.05, 0.1) is 17.4 Å². The molecule has 1 N–H and O–H groups in total. The van der Waals surface area contributed by atoms with Gasteiger partial charge in [0.25, 0.3) is 0 Å². The molecule has 17 heavy (non-hydrogen) atoms. The van der Waals surface area contributed by atoms with Gasteiger partial charge in [-0.2, -0.15) is 0 Å². The van der Waals surface area contributed by atoms with Crippen molar-refractivity contribution in [1.29, 1.82) is 0 Å². The Morgan fingerprint density at radius 3 is 3.24 bits per heavy atom. The topological polar surface area (TPSA) is 29.9 Å². The van der Waals surface area contributed by atoms with Gasteiger partial charge in [-0.15, -0.1) is 0 Å². The average molecular weight is 229 g/mol. The Labute approximate surface area is 102 Å². The van der Waals surface area contributed by atoms with Crippen LogP contribution in [0.3, 0.4) is 0 Å². The molecule has 1 aromatic carbocycles. The van der Waals surface area contributed by atoms with Crippen LogP contribution in [-0.4, -0.2) is 22.6 Å². The van der Waals surface area contributed by atoms with Gasteiger partial charge in [0.15, 0.2) is 0 Å². The number of hydrogen-bond donors (Lipinski definition) is 1. The van der Waals surface area contributed by atoms with E-state index in [-0.39, 0.29) is 0 Å². The highest BCUT2D eigenvalue weighted by atomic mass is 15.1. The summed E-state index contributed by atoms with van der Waals surface area (Å²) < 4.78 is 2.32. The number of benzene rings is 1. The van der Waals surface area contributed by atoms with Crippen LogP contribution in [0.15, 0.2) is 24.5 Å². The van der Waals surface area contributed by atoms with Crippen molar-refractivity contribution in [1.82, 2.24) is 14.9 Å². The highest BCUT2D eigenvalue weighted by Gasteiger charge is 2.15. The Bertz CT molecular complexity index is 509. The Morgan fingerprint density at radius 1 is 1.47 bits per heavy atom. The van der Waals surface area contributed by atoms with E-state index >= 15 is 0 Å². The zero-order valence-corrected chi connectivity index (χ0v) is 10.3. The largest absolute Gasteiger partial charge is 0.330 e. The van der Waals surface area contributed by atoms with Crippen LogP contribution in [-0.2, 0) is 6.54 Å². The highest BCUT2D eigenvalue weighted by Crippen LogP contribution is 2.20. The molecule has 0 saturated carbocycles. The molecule has 1 unspecified atom stereocenters. The van der Waals surface area contributed by atoms with Gasteiger partial charge >= 0.3 is 0 Å². The van der Waals surface area contributed by atoms with E-state index in [0.717, 1.165) is 24.5 Å². The molecule has 3 rings (SSSR count). The summed E-state index contributed by atoms with van der Waals surface area (Å²) in [4.78, 5) is 4.49. The summed E-state index contributed by atoms with van der Waals surface area (Å²) in [6, 6.07) is 6.34. The first-order chi connectivity index (χ1) is 8.34. The van der Waals surface area contributed by atoms with Crippen molar-refractivity contribution < 1.29 is 0 Å². The van der Waals surface area contributed by atoms with Crippen LogP contribution in [0.5, 0.6) is 0 Å². The first-order valence-corrected chi connectivity index (χ1v) is 6.46.